The van der Waals surface area contributed by atoms with Gasteiger partial charge < -0.3 is 28.1 Å². The molecule has 1 aliphatic heterocycles. The van der Waals surface area contributed by atoms with Crippen LogP contribution in [0.5, 0.6) is 0 Å². The Morgan fingerprint density at radius 3 is 1.78 bits per heavy atom. The zero-order chi connectivity index (χ0) is 25.2. The van der Waals surface area contributed by atoms with Gasteiger partial charge in [-0.05, 0) is 12.1 Å². The fourth-order valence-corrected chi connectivity index (χ4v) is 3.59. The van der Waals surface area contributed by atoms with Crippen LogP contribution in [-0.2, 0) is 14.1 Å². The Labute approximate surface area is 213 Å². The van der Waals surface area contributed by atoms with Crippen LogP contribution in [0.15, 0.2) is 128 Å². The van der Waals surface area contributed by atoms with Crippen molar-refractivity contribution in [3.05, 3.63) is 141 Å². The van der Waals surface area contributed by atoms with Crippen molar-refractivity contribution in [3.63, 3.8) is 0 Å². The average molecular weight is 477 g/mol. The van der Waals surface area contributed by atoms with E-state index in [1.165, 1.54) is 5.69 Å². The Balaban J connectivity index is 0.000000127. The minimum atomic E-state index is 0.948. The maximum atomic E-state index is 3.13. The van der Waals surface area contributed by atoms with Gasteiger partial charge in [-0.25, -0.2) is 0 Å². The summed E-state index contributed by atoms with van der Waals surface area (Å²) in [6.45, 7) is 0.948. The number of imidazole rings is 2. The summed E-state index contributed by atoms with van der Waals surface area (Å²) in [6.07, 6.45) is 18.3. The Morgan fingerprint density at radius 1 is 0.667 bits per heavy atom. The van der Waals surface area contributed by atoms with Crippen LogP contribution >= 0.6 is 0 Å². The van der Waals surface area contributed by atoms with E-state index in [0.717, 1.165) is 18.0 Å². The molecule has 0 amide bonds. The summed E-state index contributed by atoms with van der Waals surface area (Å²) >= 11 is 0. The summed E-state index contributed by atoms with van der Waals surface area (Å²) < 4.78 is 7.71. The van der Waals surface area contributed by atoms with E-state index in [0.29, 0.717) is 0 Å². The highest BCUT2D eigenvalue weighted by molar-refractivity contribution is 5.49. The highest BCUT2D eigenvalue weighted by atomic mass is 15.3. The first-order valence-electron chi connectivity index (χ1n) is 11.8. The molecule has 0 saturated carbocycles. The summed E-state index contributed by atoms with van der Waals surface area (Å²) in [7, 11) is 5.98. The van der Waals surface area contributed by atoms with Crippen LogP contribution in [-0.4, -0.2) is 27.8 Å². The van der Waals surface area contributed by atoms with E-state index in [-0.39, 0.29) is 0 Å². The second kappa shape index (κ2) is 12.2. The molecule has 1 aliphatic rings. The molecule has 2 aromatic heterocycles. The predicted molar refractivity (Wildman–Crippen MR) is 142 cm³/mol. The van der Waals surface area contributed by atoms with Crippen LogP contribution in [0.25, 0.3) is 11.4 Å². The number of benzene rings is 3. The Morgan fingerprint density at radius 2 is 1.28 bits per heavy atom. The van der Waals surface area contributed by atoms with Gasteiger partial charge in [-0.3, -0.25) is 0 Å². The van der Waals surface area contributed by atoms with Gasteiger partial charge in [-0.15, -0.1) is 0 Å². The standard InChI is InChI=1S/C10H12N2.2C10H10N2/c3*1-11-7-8-12(9-11)10-5-3-2-4-6-10/h2-8H,9H2,1H3;2*2-8H,1H3. The minimum absolute atomic E-state index is 0.948. The predicted octanol–water partition coefficient (Wildman–Crippen LogP) is 4.07. The van der Waals surface area contributed by atoms with Gasteiger partial charge in [-0.1, -0.05) is 78.9 Å². The quantitative estimate of drug-likeness (QED) is 0.290. The average Bonchev–Trinajstić information content (AvgIpc) is 3.68. The lowest BCUT2D eigenvalue weighted by Crippen LogP contribution is -2.27. The maximum absolute atomic E-state index is 3.13. The van der Waals surface area contributed by atoms with Gasteiger partial charge >= 0.3 is 0 Å². The van der Waals surface area contributed by atoms with E-state index < -0.39 is 0 Å². The number of rotatable bonds is 3. The second-order valence-electron chi connectivity index (χ2n) is 8.43. The van der Waals surface area contributed by atoms with E-state index in [9.17, 15) is 0 Å². The molecule has 6 nitrogen and oxygen atoms in total. The molecule has 3 aromatic carbocycles. The molecule has 5 aromatic rings. The summed E-state index contributed by atoms with van der Waals surface area (Å²) in [5.41, 5.74) is 3.52. The van der Waals surface area contributed by atoms with Crippen molar-refractivity contribution >= 4 is 5.69 Å². The largest absolute Gasteiger partial charge is 0.361 e. The lowest BCUT2D eigenvalue weighted by molar-refractivity contribution is -0.674. The highest BCUT2D eigenvalue weighted by Gasteiger charge is 2.08. The molecule has 3 heterocycles. The number of para-hydroxylation sites is 3. The van der Waals surface area contributed by atoms with Crippen molar-refractivity contribution in [1.82, 2.24) is 14.0 Å². The smallest absolute Gasteiger partial charge is 0.243 e. The molecule has 0 atom stereocenters. The third-order valence-electron chi connectivity index (χ3n) is 5.44. The van der Waals surface area contributed by atoms with Gasteiger partial charge in [0.05, 0.1) is 32.1 Å². The van der Waals surface area contributed by atoms with E-state index >= 15 is 0 Å². The lowest BCUT2D eigenvalue weighted by atomic mass is 10.3. The number of anilines is 1. The van der Waals surface area contributed by atoms with E-state index in [1.54, 1.807) is 0 Å². The van der Waals surface area contributed by atoms with Gasteiger partial charge in [0, 0.05) is 49.9 Å². The molecule has 36 heavy (non-hydrogen) atoms. The second-order valence-corrected chi connectivity index (χ2v) is 8.43. The molecule has 0 unspecified atom stereocenters. The molecule has 0 saturated heterocycles. The van der Waals surface area contributed by atoms with Crippen LogP contribution in [0, 0.1) is 12.7 Å². The molecule has 6 heteroatoms. The molecule has 0 fully saturated rings. The van der Waals surface area contributed by atoms with E-state index in [2.05, 4.69) is 90.4 Å². The Kier molecular flexibility index (Phi) is 8.33. The minimum Gasteiger partial charge on any atom is -0.361 e. The normalized spacial score (nSPS) is 12.0. The van der Waals surface area contributed by atoms with Gasteiger partial charge in [0.2, 0.25) is 12.7 Å². The zero-order valence-corrected chi connectivity index (χ0v) is 21.0. The van der Waals surface area contributed by atoms with Crippen molar-refractivity contribution < 1.29 is 9.13 Å². The summed E-state index contributed by atoms with van der Waals surface area (Å²) in [4.78, 5) is 4.35. The fourth-order valence-electron chi connectivity index (χ4n) is 3.59. The van der Waals surface area contributed by atoms with E-state index in [4.69, 9.17) is 0 Å². The van der Waals surface area contributed by atoms with Crippen LogP contribution in [0.4, 0.5) is 5.69 Å². The number of hydrogen-bond acceptors (Lipinski definition) is 2. The zero-order valence-electron chi connectivity index (χ0n) is 21.0. The number of hydrogen-bond donors (Lipinski definition) is 0. The molecule has 6 rings (SSSR count). The monoisotopic (exact) mass is 476 g/mol. The maximum Gasteiger partial charge on any atom is 0.243 e. The van der Waals surface area contributed by atoms with Crippen LogP contribution in [0.3, 0.4) is 0 Å². The van der Waals surface area contributed by atoms with Crippen LogP contribution in [0.1, 0.15) is 0 Å². The third kappa shape index (κ3) is 6.96. The molecule has 182 valence electrons. The first kappa shape index (κ1) is 24.5. The molecule has 0 aliphatic carbocycles. The highest BCUT2D eigenvalue weighted by Crippen LogP contribution is 2.17. The number of aryl methyl sites for hydroxylation is 2. The molecular weight excluding hydrogens is 444 g/mol. The Bertz CT molecular complexity index is 1260. The molecule has 0 bridgehead atoms. The number of aromatic nitrogens is 4. The summed E-state index contributed by atoms with van der Waals surface area (Å²) in [6, 6.07) is 30.7. The van der Waals surface area contributed by atoms with Gasteiger partial charge in [0.25, 0.3) is 0 Å². The van der Waals surface area contributed by atoms with Gasteiger partial charge in [0.15, 0.2) is 0 Å². The molecular formula is C30H32N6. The Hall–Kier alpha value is -4.58. The van der Waals surface area contributed by atoms with Gasteiger partial charge in [0.1, 0.15) is 0 Å². The molecule has 0 N–H and O–H groups in total. The van der Waals surface area contributed by atoms with Crippen molar-refractivity contribution in [3.8, 4) is 11.4 Å². The van der Waals surface area contributed by atoms with E-state index in [1.807, 2.05) is 99.6 Å². The molecule has 0 radical (unpaired) electrons. The van der Waals surface area contributed by atoms with Crippen molar-refractivity contribution in [1.29, 1.82) is 0 Å². The number of nitrogens with zero attached hydrogens (tertiary/aromatic N) is 6. The summed E-state index contributed by atoms with van der Waals surface area (Å²) in [5, 5.41) is 0. The lowest BCUT2D eigenvalue weighted by Gasteiger charge is -2.17. The third-order valence-corrected chi connectivity index (χ3v) is 5.44. The SMILES string of the molecule is CN1C=CN(c2ccccc2)C1.C[n+]1[c-]n(-c2ccccc2)cc1.Cn1[c-][n+](-c2ccccc2)cc1. The van der Waals surface area contributed by atoms with Crippen LogP contribution < -0.4 is 14.0 Å². The molecule has 0 spiro atoms. The van der Waals surface area contributed by atoms with Gasteiger partial charge in [-0.2, -0.15) is 0 Å². The van der Waals surface area contributed by atoms with Crippen molar-refractivity contribution in [2.24, 2.45) is 14.1 Å². The fraction of sp³-hybridized carbons (Fsp3) is 0.133. The first-order valence-corrected chi connectivity index (χ1v) is 11.8. The van der Waals surface area contributed by atoms with Crippen molar-refractivity contribution in [2.75, 3.05) is 18.6 Å². The first-order chi connectivity index (χ1) is 17.6. The van der Waals surface area contributed by atoms with Crippen molar-refractivity contribution in [2.45, 2.75) is 0 Å². The van der Waals surface area contributed by atoms with Crippen LogP contribution in [0.2, 0.25) is 0 Å². The topological polar surface area (TPSA) is 24.1 Å². The summed E-state index contributed by atoms with van der Waals surface area (Å²) in [5.74, 6) is 0.